The van der Waals surface area contributed by atoms with E-state index in [1.165, 1.54) is 0 Å². The van der Waals surface area contributed by atoms with Gasteiger partial charge in [-0.2, -0.15) is 0 Å². The van der Waals surface area contributed by atoms with E-state index >= 15 is 0 Å². The molecule has 1 aliphatic heterocycles. The molecule has 0 aromatic heterocycles. The number of aliphatic imine (C=N–C) groups is 1. The Hall–Kier alpha value is -1.94. The van der Waals surface area contributed by atoms with Gasteiger partial charge in [-0.05, 0) is 18.2 Å². The maximum Gasteiger partial charge on any atom is 0.250 e. The summed E-state index contributed by atoms with van der Waals surface area (Å²) in [6.45, 7) is 0. The summed E-state index contributed by atoms with van der Waals surface area (Å²) in [6.07, 6.45) is 3.92. The molecule has 0 radical (unpaired) electrons. The fourth-order valence-electron chi connectivity index (χ4n) is 1.79. The van der Waals surface area contributed by atoms with Crippen LogP contribution in [0, 0.1) is 0 Å². The van der Waals surface area contributed by atoms with Crippen LogP contribution in [0.25, 0.3) is 6.08 Å². The lowest BCUT2D eigenvalue weighted by Crippen LogP contribution is -2.11. The third-order valence-electron chi connectivity index (χ3n) is 2.40. The van der Waals surface area contributed by atoms with Crippen molar-refractivity contribution in [1.82, 2.24) is 6.15 Å². The number of rotatable bonds is 1. The van der Waals surface area contributed by atoms with Crippen LogP contribution in [-0.4, -0.2) is 11.6 Å². The molecule has 14 heavy (non-hydrogen) atoms. The van der Waals surface area contributed by atoms with Crippen LogP contribution in [0.2, 0.25) is 0 Å². The summed E-state index contributed by atoms with van der Waals surface area (Å²) in [4.78, 5) is 15.3. The molecule has 3 rings (SSSR count). The van der Waals surface area contributed by atoms with Gasteiger partial charge < -0.3 is 11.9 Å². The Bertz CT molecular complexity index is 500. The summed E-state index contributed by atoms with van der Waals surface area (Å²) in [5, 5.41) is 0. The number of nitrogens with two attached hydrogens (primary N) is 1. The predicted octanol–water partition coefficient (Wildman–Crippen LogP) is 1.41. The van der Waals surface area contributed by atoms with E-state index in [2.05, 4.69) is 4.99 Å². The van der Waals surface area contributed by atoms with Crippen LogP contribution in [0.1, 0.15) is 21.5 Å². The molecule has 4 nitrogen and oxygen atoms in total. The quantitative estimate of drug-likeness (QED) is 0.695. The number of carbonyl (C=O) groups excluding carboxylic acids is 1. The highest BCUT2D eigenvalue weighted by Crippen LogP contribution is 2.39. The van der Waals surface area contributed by atoms with Gasteiger partial charge >= 0.3 is 0 Å². The smallest absolute Gasteiger partial charge is 0.250 e. The highest BCUT2D eigenvalue weighted by Gasteiger charge is 2.25. The minimum atomic E-state index is -0.414. The summed E-state index contributed by atoms with van der Waals surface area (Å²) in [5.41, 5.74) is 9.56. The number of primary amides is 1. The second kappa shape index (κ2) is 2.52. The molecule has 0 unspecified atom stereocenters. The maximum absolute atomic E-state index is 11.0. The Morgan fingerprint density at radius 3 is 2.79 bits per heavy atom. The molecule has 0 saturated heterocycles. The fraction of sp³-hybridized carbons (Fsp3) is 0. The second-order valence-corrected chi connectivity index (χ2v) is 3.12. The monoisotopic (exact) mass is 187 g/mol. The molecule has 70 valence electrons. The number of nitrogens with zero attached hydrogens (tertiary/aromatic N) is 1. The summed E-state index contributed by atoms with van der Waals surface area (Å²) in [6, 6.07) is 3.63. The third-order valence-corrected chi connectivity index (χ3v) is 2.40. The number of amides is 1. The van der Waals surface area contributed by atoms with Crippen molar-refractivity contribution < 1.29 is 4.79 Å². The third kappa shape index (κ3) is 0.803. The number of allylic oxidation sites excluding steroid dienone is 1. The van der Waals surface area contributed by atoms with E-state index in [1.807, 2.05) is 18.2 Å². The highest BCUT2D eigenvalue weighted by atomic mass is 16.1. The molecule has 1 aromatic rings. The number of hydrogen-bond acceptors (Lipinski definition) is 3. The summed E-state index contributed by atoms with van der Waals surface area (Å²) in [7, 11) is 0. The molecule has 1 aromatic carbocycles. The Kier molecular flexibility index (Phi) is 1.56. The molecule has 1 heterocycles. The van der Waals surface area contributed by atoms with E-state index < -0.39 is 5.91 Å². The van der Waals surface area contributed by atoms with Gasteiger partial charge in [0.15, 0.2) is 0 Å². The number of benzene rings is 1. The first kappa shape index (κ1) is 8.65. The van der Waals surface area contributed by atoms with Crippen LogP contribution in [0.3, 0.4) is 0 Å². The van der Waals surface area contributed by atoms with Crippen molar-refractivity contribution in [3.05, 3.63) is 34.9 Å². The van der Waals surface area contributed by atoms with Gasteiger partial charge in [0, 0.05) is 11.1 Å². The molecule has 2 aliphatic rings. The molecule has 1 amide bonds. The topological polar surface area (TPSA) is 90.5 Å². The van der Waals surface area contributed by atoms with Crippen molar-refractivity contribution in [2.75, 3.05) is 0 Å². The van der Waals surface area contributed by atoms with E-state index in [0.29, 0.717) is 5.56 Å². The molecular weight excluding hydrogens is 178 g/mol. The summed E-state index contributed by atoms with van der Waals surface area (Å²) >= 11 is 0. The molecule has 0 fully saturated rings. The van der Waals surface area contributed by atoms with Crippen LogP contribution < -0.4 is 11.9 Å². The molecule has 5 N–H and O–H groups in total. The lowest BCUT2D eigenvalue weighted by atomic mass is 10.1. The Labute approximate surface area is 80.7 Å². The van der Waals surface area contributed by atoms with Crippen molar-refractivity contribution in [2.45, 2.75) is 0 Å². The molecule has 1 aliphatic carbocycles. The van der Waals surface area contributed by atoms with Gasteiger partial charge in [-0.15, -0.1) is 0 Å². The van der Waals surface area contributed by atoms with Gasteiger partial charge in [0.1, 0.15) is 0 Å². The van der Waals surface area contributed by atoms with Gasteiger partial charge in [-0.1, -0.05) is 6.07 Å². The Morgan fingerprint density at radius 2 is 2.07 bits per heavy atom. The minimum absolute atomic E-state index is 0. The van der Waals surface area contributed by atoms with E-state index in [-0.39, 0.29) is 6.15 Å². The standard InChI is InChI=1S/C10H6N2O.H3N/c11-10(13)7-2-1-5-6-3-4-8(5)12-9(6)7;/h1-4H,(H2,11,13);1H3. The zero-order chi connectivity index (χ0) is 9.00. The molecule has 0 spiro atoms. The van der Waals surface area contributed by atoms with Crippen LogP contribution in [-0.2, 0) is 0 Å². The van der Waals surface area contributed by atoms with Gasteiger partial charge in [0.05, 0.1) is 17.0 Å². The first-order valence-electron chi connectivity index (χ1n) is 4.01. The normalized spacial score (nSPS) is 13.9. The molecule has 4 heteroatoms. The average molecular weight is 187 g/mol. The minimum Gasteiger partial charge on any atom is -0.366 e. The van der Waals surface area contributed by atoms with Crippen molar-refractivity contribution >= 4 is 23.4 Å². The van der Waals surface area contributed by atoms with Gasteiger partial charge in [0.2, 0.25) is 0 Å². The predicted molar refractivity (Wildman–Crippen MR) is 55.2 cm³/mol. The molecule has 0 saturated carbocycles. The first-order chi connectivity index (χ1) is 6.27. The van der Waals surface area contributed by atoms with E-state index in [4.69, 9.17) is 5.73 Å². The highest BCUT2D eigenvalue weighted by molar-refractivity contribution is 6.24. The largest absolute Gasteiger partial charge is 0.366 e. The maximum atomic E-state index is 11.0. The van der Waals surface area contributed by atoms with Crippen molar-refractivity contribution in [1.29, 1.82) is 0 Å². The summed E-state index contributed by atoms with van der Waals surface area (Å²) in [5.74, 6) is -0.414. The van der Waals surface area contributed by atoms with Crippen molar-refractivity contribution in [3.63, 3.8) is 0 Å². The Morgan fingerprint density at radius 1 is 1.29 bits per heavy atom. The SMILES string of the molecule is N.NC(=O)c1ccc2c3c1N=C2C=C3. The van der Waals surface area contributed by atoms with Crippen LogP contribution >= 0.6 is 0 Å². The van der Waals surface area contributed by atoms with E-state index in [9.17, 15) is 4.79 Å². The molecule has 0 atom stereocenters. The lowest BCUT2D eigenvalue weighted by molar-refractivity contribution is 0.100. The van der Waals surface area contributed by atoms with Crippen LogP contribution in [0.15, 0.2) is 23.2 Å². The summed E-state index contributed by atoms with van der Waals surface area (Å²) < 4.78 is 0. The fourth-order valence-corrected chi connectivity index (χ4v) is 1.79. The van der Waals surface area contributed by atoms with Crippen LogP contribution in [0.4, 0.5) is 5.69 Å². The van der Waals surface area contributed by atoms with Crippen LogP contribution in [0.5, 0.6) is 0 Å². The van der Waals surface area contributed by atoms with Crippen molar-refractivity contribution in [2.24, 2.45) is 10.7 Å². The molecular formula is C10H9N3O. The lowest BCUT2D eigenvalue weighted by Gasteiger charge is -2.01. The first-order valence-corrected chi connectivity index (χ1v) is 4.01. The van der Waals surface area contributed by atoms with Crippen molar-refractivity contribution in [3.8, 4) is 0 Å². The average Bonchev–Trinajstić information content (AvgIpc) is 2.59. The number of hydrogen-bond donors (Lipinski definition) is 2. The second-order valence-electron chi connectivity index (χ2n) is 3.12. The van der Waals surface area contributed by atoms with Gasteiger partial charge in [-0.3, -0.25) is 4.79 Å². The zero-order valence-electron chi connectivity index (χ0n) is 7.45. The Balaban J connectivity index is 0.000000750. The zero-order valence-corrected chi connectivity index (χ0v) is 7.45. The van der Waals surface area contributed by atoms with E-state index in [0.717, 1.165) is 22.5 Å². The van der Waals surface area contributed by atoms with Gasteiger partial charge in [-0.25, -0.2) is 4.99 Å². The number of carbonyl (C=O) groups is 1. The molecule has 4 bridgehead atoms. The van der Waals surface area contributed by atoms with E-state index in [1.54, 1.807) is 6.07 Å². The van der Waals surface area contributed by atoms with Gasteiger partial charge in [0.25, 0.3) is 5.91 Å².